The number of rotatable bonds is 12. The van der Waals surface area contributed by atoms with Crippen LogP contribution in [0.25, 0.3) is 0 Å². The monoisotopic (exact) mass is 1250 g/mol. The third-order valence-electron chi connectivity index (χ3n) is 10.3. The summed E-state index contributed by atoms with van der Waals surface area (Å²) in [5.41, 5.74) is 2.74. The second-order valence-corrected chi connectivity index (χ2v) is 20.4. The molecule has 4 aromatic carbocycles. The van der Waals surface area contributed by atoms with Crippen molar-refractivity contribution in [3.8, 4) is 0 Å². The minimum absolute atomic E-state index is 0. The number of hydrogen-bond acceptors (Lipinski definition) is 16. The van der Waals surface area contributed by atoms with Gasteiger partial charge in [-0.3, -0.25) is 0 Å². The quantitative estimate of drug-likeness (QED) is 0.0412. The molecule has 0 spiro atoms. The molecular weight excluding hydrogens is 1180 g/mol. The number of esters is 2. The van der Waals surface area contributed by atoms with E-state index in [2.05, 4.69) is 26.1 Å². The van der Waals surface area contributed by atoms with Crippen molar-refractivity contribution in [1.29, 1.82) is 0 Å². The van der Waals surface area contributed by atoms with Crippen LogP contribution in [0.4, 0.5) is 0 Å². The Hall–Kier alpha value is -2.80. The summed E-state index contributed by atoms with van der Waals surface area (Å²) in [5.74, 6) is -2.26. The second kappa shape index (κ2) is 55.4. The van der Waals surface area contributed by atoms with Crippen LogP contribution in [0.5, 0.6) is 0 Å². The van der Waals surface area contributed by atoms with Crippen molar-refractivity contribution in [2.24, 2.45) is 0 Å². The van der Waals surface area contributed by atoms with Gasteiger partial charge in [-0.2, -0.15) is 0 Å². The number of carbonyl (C=O) groups excluding carboxylic acids is 2. The molecule has 0 bridgehead atoms. The Morgan fingerprint density at radius 1 is 0.613 bits per heavy atom. The van der Waals surface area contributed by atoms with Crippen LogP contribution in [-0.2, 0) is 61.5 Å². The Morgan fingerprint density at radius 2 is 1.00 bits per heavy atom. The maximum atomic E-state index is 11.8. The summed E-state index contributed by atoms with van der Waals surface area (Å²) in [5, 5.41) is 43.0. The van der Waals surface area contributed by atoms with Crippen LogP contribution in [0.3, 0.4) is 0 Å². The molecule has 3 fully saturated rings. The molecular formula is C55H79AlCl5LiO17S. The van der Waals surface area contributed by atoms with E-state index >= 15 is 0 Å². The minimum atomic E-state index is -1.67. The Bertz CT molecular complexity index is 2090. The maximum Gasteiger partial charge on any atom is 1.00 e. The summed E-state index contributed by atoms with van der Waals surface area (Å²) in [6.07, 6.45) is 10.8. The van der Waals surface area contributed by atoms with Crippen LogP contribution >= 0.6 is 56.2 Å². The molecule has 0 aromatic heterocycles. The Balaban J connectivity index is -0.000000435. The molecule has 6 atom stereocenters. The van der Waals surface area contributed by atoms with Gasteiger partial charge in [-0.1, -0.05) is 156 Å². The number of hydrogen-bond donors (Lipinski definition) is 5. The number of aliphatic hydroxyl groups excluding tert-OH is 4. The third kappa shape index (κ3) is 42.9. The molecule has 4 aliphatic heterocycles. The molecule has 446 valence electrons. The van der Waals surface area contributed by atoms with Crippen LogP contribution in [0, 0.1) is 0 Å². The smallest absolute Gasteiger partial charge is 1.00 e. The van der Waals surface area contributed by atoms with Gasteiger partial charge in [0.15, 0.2) is 52.5 Å². The van der Waals surface area contributed by atoms with E-state index in [4.69, 9.17) is 87.5 Å². The molecule has 80 heavy (non-hydrogen) atoms. The van der Waals surface area contributed by atoms with Crippen molar-refractivity contribution in [2.75, 3.05) is 61.0 Å². The normalized spacial score (nSPS) is 16.9. The van der Waals surface area contributed by atoms with Gasteiger partial charge in [-0.05, 0) is 92.5 Å². The van der Waals surface area contributed by atoms with Crippen molar-refractivity contribution in [3.05, 3.63) is 156 Å². The topological polar surface area (TPSA) is 243 Å². The standard InChI is InChI=1S/C14H18O4.C13H18O3.C9H10O3.C8H8O3.C5H8O.C4H8O.CHCl3.CH4O.Al.Cl2OS.Li.4H/c1-16-14(15)13(11-7-3-2-4-8-11)18-12-9-5-6-10-17-12;14-10-12(11-6-2-1-3-7-11)16-13-8-4-5-9-15-13;1-12-9(11)8(10)7-5-3-2-4-6-7;9-7(8(10)11)6-4-2-1-3-5-6;1-2-4-6-5-3-1;1-2-4-5-3-1;2-1(3)4;1-2;;1-4(2)3;;;;;/h2-4,7-8,12-13H,5-6,9-10H2,1H3;1-3,6-7,12-14H,4-5,8-10H2;2-6,8,10H,1H3;1-5,7,9H,(H,10,11);2,4H,1,3,5H2;1-4H2;1H;2H,1H3;;;;;;;/q;;;;;;;;;;+1;;;;-1/t12?,13-;12-,13?;8-;7-;;;;;;;;;;;/m1000.........../s1. The number of carboxylic acid groups (broad SMARTS) is 1. The Labute approximate surface area is 521 Å². The molecule has 0 saturated carbocycles. The van der Waals surface area contributed by atoms with Crippen molar-refractivity contribution in [1.82, 2.24) is 0 Å². The molecule has 4 aromatic rings. The summed E-state index contributed by atoms with van der Waals surface area (Å²) in [4.78, 5) is 32.9. The number of alkyl halides is 3. The van der Waals surface area contributed by atoms with Gasteiger partial charge in [0.1, 0.15) is 6.10 Å². The molecule has 5 N–H and O–H groups in total. The van der Waals surface area contributed by atoms with Crippen molar-refractivity contribution in [3.63, 3.8) is 0 Å². The van der Waals surface area contributed by atoms with Gasteiger partial charge in [-0.15, -0.1) is 0 Å². The number of carboxylic acids is 1. The van der Waals surface area contributed by atoms with Gasteiger partial charge >= 0.3 is 36.8 Å². The van der Waals surface area contributed by atoms with E-state index < -0.39 is 49.7 Å². The fourth-order valence-electron chi connectivity index (χ4n) is 6.53. The van der Waals surface area contributed by atoms with Gasteiger partial charge < -0.3 is 64.9 Å². The summed E-state index contributed by atoms with van der Waals surface area (Å²) >= 11 is 14.4. The predicted molar refractivity (Wildman–Crippen MR) is 314 cm³/mol. The first kappa shape index (κ1) is 81.4. The summed E-state index contributed by atoms with van der Waals surface area (Å²) in [7, 11) is 11.0. The van der Waals surface area contributed by atoms with Crippen LogP contribution in [0.2, 0.25) is 0 Å². The maximum absolute atomic E-state index is 11.8. The fourth-order valence-corrected chi connectivity index (χ4v) is 6.53. The number of allylic oxidation sites excluding steroid dienone is 1. The number of aliphatic hydroxyl groups is 4. The first-order valence-corrected chi connectivity index (χ1v) is 28.8. The van der Waals surface area contributed by atoms with E-state index in [1.807, 2.05) is 72.8 Å². The minimum Gasteiger partial charge on any atom is -1.00 e. The van der Waals surface area contributed by atoms with Gasteiger partial charge in [0.25, 0.3) is 0 Å². The third-order valence-corrected chi connectivity index (χ3v) is 10.3. The zero-order chi connectivity index (χ0) is 58.2. The van der Waals surface area contributed by atoms with Crippen molar-refractivity contribution >= 4 is 101 Å². The van der Waals surface area contributed by atoms with Gasteiger partial charge in [-0.25, -0.2) is 18.6 Å². The molecule has 0 aliphatic carbocycles. The van der Waals surface area contributed by atoms with Gasteiger partial charge in [0, 0.05) is 54.9 Å². The number of methoxy groups -OCH3 is 2. The molecule has 2 unspecified atom stereocenters. The number of ether oxygens (including phenoxy) is 8. The Kier molecular flexibility index (Phi) is 56.4. The van der Waals surface area contributed by atoms with Crippen LogP contribution < -0.4 is 18.9 Å². The average Bonchev–Trinajstić information content (AvgIpc) is 4.09. The molecule has 17 nitrogen and oxygen atoms in total. The van der Waals surface area contributed by atoms with Crippen molar-refractivity contribution < 1.29 is 102 Å². The predicted octanol–water partition coefficient (Wildman–Crippen LogP) is 7.08. The summed E-state index contributed by atoms with van der Waals surface area (Å²) in [6, 6.07) is 36.0. The Morgan fingerprint density at radius 3 is 1.30 bits per heavy atom. The largest absolute Gasteiger partial charge is 1.00 e. The first-order chi connectivity index (χ1) is 37.6. The number of halogens is 5. The van der Waals surface area contributed by atoms with Gasteiger partial charge in [0.05, 0.1) is 33.7 Å². The van der Waals surface area contributed by atoms with E-state index in [1.54, 1.807) is 60.9 Å². The molecule has 3 saturated heterocycles. The van der Waals surface area contributed by atoms with Crippen LogP contribution in [0.1, 0.15) is 112 Å². The molecule has 4 aliphatic rings. The summed E-state index contributed by atoms with van der Waals surface area (Å²) < 4.78 is 49.8. The molecule has 0 radical (unpaired) electrons. The number of benzene rings is 4. The van der Waals surface area contributed by atoms with E-state index in [-0.39, 0.29) is 62.9 Å². The van der Waals surface area contributed by atoms with E-state index in [0.29, 0.717) is 17.7 Å². The summed E-state index contributed by atoms with van der Waals surface area (Å²) in [6.45, 7) is 4.35. The molecule has 25 heteroatoms. The zero-order valence-electron chi connectivity index (χ0n) is 46.0. The van der Waals surface area contributed by atoms with E-state index in [9.17, 15) is 24.6 Å². The van der Waals surface area contributed by atoms with Gasteiger partial charge in [0.2, 0.25) is 9.23 Å². The molecule has 8 rings (SSSR count). The fraction of sp³-hybridized carbons (Fsp3) is 0.473. The van der Waals surface area contributed by atoms with Crippen LogP contribution in [-0.4, -0.2) is 143 Å². The van der Waals surface area contributed by atoms with Crippen molar-refractivity contribution in [2.45, 2.75) is 105 Å². The molecule has 0 amide bonds. The second-order valence-electron chi connectivity index (χ2n) is 15.9. The number of carbonyl (C=O) groups is 3. The zero-order valence-corrected chi connectivity index (χ0v) is 49.6. The first-order valence-electron chi connectivity index (χ1n) is 24.7. The van der Waals surface area contributed by atoms with E-state index in [0.717, 1.165) is 83.2 Å². The average molecular weight is 1260 g/mol. The van der Waals surface area contributed by atoms with E-state index in [1.165, 1.54) is 39.9 Å². The molecule has 4 heterocycles. The SMILES string of the molecule is C1=COCCC1.C1CCOC1.CO.COC(=O)[C@@H](O)c1ccccc1.COC(=O)[C@H](OC1CCCCO1)c1ccccc1.ClC(Cl)Cl.O=C(O)[C@@H](O)c1ccccc1.O=S(Cl)Cl.OC[C@H](OC1CCCCO1)c1ccccc1.[AlH3].[H-].[Li+]. The number of aliphatic carboxylic acids is 1. The van der Waals surface area contributed by atoms with Crippen LogP contribution in [0.15, 0.2) is 134 Å².